The Kier molecular flexibility index (Phi) is 6.48. The number of aromatic nitrogens is 1. The number of rotatable bonds is 6. The summed E-state index contributed by atoms with van der Waals surface area (Å²) in [5.74, 6) is -1.59. The topological polar surface area (TPSA) is 104 Å². The summed E-state index contributed by atoms with van der Waals surface area (Å²) in [4.78, 5) is 38.8. The molecular weight excluding hydrogens is 413 g/mol. The first kappa shape index (κ1) is 21.1. The molecular formula is C20H16FN3O5S. The summed E-state index contributed by atoms with van der Waals surface area (Å²) in [7, 11) is 0. The Morgan fingerprint density at radius 2 is 2.10 bits per heavy atom. The molecule has 0 unspecified atom stereocenters. The van der Waals surface area contributed by atoms with Gasteiger partial charge in [0.25, 0.3) is 11.6 Å². The first-order chi connectivity index (χ1) is 14.4. The molecule has 0 saturated carbocycles. The van der Waals surface area contributed by atoms with Crippen molar-refractivity contribution in [3.05, 3.63) is 74.8 Å². The molecule has 0 spiro atoms. The number of esters is 1. The van der Waals surface area contributed by atoms with Crippen LogP contribution in [0, 0.1) is 15.9 Å². The van der Waals surface area contributed by atoms with Crippen LogP contribution >= 0.6 is 11.3 Å². The molecule has 30 heavy (non-hydrogen) atoms. The number of nitrogens with zero attached hydrogens (tertiary/aromatic N) is 3. The highest BCUT2D eigenvalue weighted by Crippen LogP contribution is 2.19. The molecule has 154 valence electrons. The quantitative estimate of drug-likeness (QED) is 0.258. The molecule has 3 rings (SSSR count). The van der Waals surface area contributed by atoms with Gasteiger partial charge < -0.3 is 9.30 Å². The second-order valence-corrected chi connectivity index (χ2v) is 7.03. The SMILES string of the molecule is CCOC(=O)Cn1c(=NC(=O)/C=C/c2cccc([N+](=O)[O-])c2)sc2cc(F)ccc21. The number of carbonyl (C=O) groups excluding carboxylic acids is 2. The Bertz CT molecular complexity index is 1230. The summed E-state index contributed by atoms with van der Waals surface area (Å²) in [6.45, 7) is 1.70. The lowest BCUT2D eigenvalue weighted by Gasteiger charge is -2.04. The van der Waals surface area contributed by atoms with E-state index in [0.717, 1.165) is 11.3 Å². The van der Waals surface area contributed by atoms with Gasteiger partial charge in [0.2, 0.25) is 0 Å². The number of halogens is 1. The Hall–Kier alpha value is -3.66. The van der Waals surface area contributed by atoms with Crippen LogP contribution in [0.4, 0.5) is 10.1 Å². The number of hydrogen-bond donors (Lipinski definition) is 0. The maximum Gasteiger partial charge on any atom is 0.326 e. The van der Waals surface area contributed by atoms with Gasteiger partial charge in [-0.3, -0.25) is 19.7 Å². The fourth-order valence-electron chi connectivity index (χ4n) is 2.66. The van der Waals surface area contributed by atoms with Crippen LogP contribution in [0.5, 0.6) is 0 Å². The molecule has 0 aliphatic rings. The summed E-state index contributed by atoms with van der Waals surface area (Å²) >= 11 is 1.06. The van der Waals surface area contributed by atoms with E-state index in [-0.39, 0.29) is 23.6 Å². The van der Waals surface area contributed by atoms with Gasteiger partial charge in [-0.05, 0) is 36.8 Å². The minimum Gasteiger partial charge on any atom is -0.465 e. The summed E-state index contributed by atoms with van der Waals surface area (Å²) < 4.78 is 20.5. The van der Waals surface area contributed by atoms with E-state index in [1.54, 1.807) is 13.0 Å². The van der Waals surface area contributed by atoms with E-state index < -0.39 is 22.6 Å². The van der Waals surface area contributed by atoms with E-state index in [4.69, 9.17) is 4.74 Å². The molecule has 1 amide bonds. The second-order valence-electron chi connectivity index (χ2n) is 6.02. The number of benzene rings is 2. The Balaban J connectivity index is 1.95. The molecule has 0 aliphatic heterocycles. The monoisotopic (exact) mass is 429 g/mol. The van der Waals surface area contributed by atoms with Gasteiger partial charge in [0, 0.05) is 18.2 Å². The second kappa shape index (κ2) is 9.23. The molecule has 10 heteroatoms. The van der Waals surface area contributed by atoms with Crippen LogP contribution in [0.25, 0.3) is 16.3 Å². The minimum atomic E-state index is -0.633. The summed E-state index contributed by atoms with van der Waals surface area (Å²) in [6.07, 6.45) is 2.57. The number of thiazole rings is 1. The maximum absolute atomic E-state index is 13.6. The normalized spacial score (nSPS) is 11.9. The van der Waals surface area contributed by atoms with Crippen LogP contribution in [0.2, 0.25) is 0 Å². The standard InChI is InChI=1S/C20H16FN3O5S/c1-2-29-19(26)12-23-16-8-7-14(21)11-17(16)30-20(23)22-18(25)9-6-13-4-3-5-15(10-13)24(27)28/h3-11H,2,12H2,1H3/b9-6+,22-20?. The summed E-state index contributed by atoms with van der Waals surface area (Å²) in [6, 6.07) is 9.84. The fraction of sp³-hybridized carbons (Fsp3) is 0.150. The minimum absolute atomic E-state index is 0.0969. The predicted octanol–water partition coefficient (Wildman–Crippen LogP) is 3.45. The van der Waals surface area contributed by atoms with Crippen LogP contribution < -0.4 is 4.80 Å². The molecule has 1 aromatic heterocycles. The summed E-state index contributed by atoms with van der Waals surface area (Å²) in [5, 5.41) is 10.8. The fourth-order valence-corrected chi connectivity index (χ4v) is 3.72. The van der Waals surface area contributed by atoms with Crippen molar-refractivity contribution in [1.29, 1.82) is 0 Å². The Morgan fingerprint density at radius 1 is 1.30 bits per heavy atom. The van der Waals surface area contributed by atoms with Crippen molar-refractivity contribution < 1.29 is 23.6 Å². The number of carbonyl (C=O) groups is 2. The molecule has 0 saturated heterocycles. The van der Waals surface area contributed by atoms with E-state index in [0.29, 0.717) is 15.8 Å². The van der Waals surface area contributed by atoms with Crippen LogP contribution in [-0.4, -0.2) is 28.0 Å². The van der Waals surface area contributed by atoms with E-state index in [1.807, 2.05) is 0 Å². The zero-order valence-electron chi connectivity index (χ0n) is 15.8. The lowest BCUT2D eigenvalue weighted by Crippen LogP contribution is -2.22. The van der Waals surface area contributed by atoms with Crippen LogP contribution in [0.3, 0.4) is 0 Å². The van der Waals surface area contributed by atoms with Crippen molar-refractivity contribution >= 4 is 45.2 Å². The lowest BCUT2D eigenvalue weighted by atomic mass is 10.2. The zero-order valence-corrected chi connectivity index (χ0v) is 16.6. The van der Waals surface area contributed by atoms with Gasteiger partial charge in [-0.15, -0.1) is 0 Å². The molecule has 0 fully saturated rings. The predicted molar refractivity (Wildman–Crippen MR) is 109 cm³/mol. The average molecular weight is 429 g/mol. The van der Waals surface area contributed by atoms with Crippen LogP contribution in [-0.2, 0) is 20.9 Å². The largest absolute Gasteiger partial charge is 0.465 e. The number of amides is 1. The molecule has 0 N–H and O–H groups in total. The summed E-state index contributed by atoms with van der Waals surface area (Å²) in [5.41, 5.74) is 0.912. The van der Waals surface area contributed by atoms with Crippen molar-refractivity contribution in [3.8, 4) is 0 Å². The van der Waals surface area contributed by atoms with Crippen LogP contribution in [0.15, 0.2) is 53.5 Å². The number of fused-ring (bicyclic) bond motifs is 1. The van der Waals surface area contributed by atoms with Crippen LogP contribution in [0.1, 0.15) is 12.5 Å². The molecule has 0 aliphatic carbocycles. The van der Waals surface area contributed by atoms with Crippen molar-refractivity contribution in [1.82, 2.24) is 4.57 Å². The van der Waals surface area contributed by atoms with Gasteiger partial charge >= 0.3 is 5.97 Å². The Morgan fingerprint density at radius 3 is 2.83 bits per heavy atom. The van der Waals surface area contributed by atoms with Crippen molar-refractivity contribution in [2.75, 3.05) is 6.61 Å². The van der Waals surface area contributed by atoms with Gasteiger partial charge in [-0.1, -0.05) is 23.5 Å². The molecule has 0 bridgehead atoms. The Labute approximate surface area is 173 Å². The highest BCUT2D eigenvalue weighted by atomic mass is 32.1. The number of hydrogen-bond acceptors (Lipinski definition) is 6. The number of nitro benzene ring substituents is 1. The third kappa shape index (κ3) is 5.03. The molecule has 1 heterocycles. The van der Waals surface area contributed by atoms with Gasteiger partial charge in [-0.2, -0.15) is 4.99 Å². The molecule has 2 aromatic carbocycles. The third-order valence-electron chi connectivity index (χ3n) is 3.94. The van der Waals surface area contributed by atoms with Gasteiger partial charge in [0.15, 0.2) is 4.80 Å². The molecule has 0 atom stereocenters. The first-order valence-corrected chi connectivity index (χ1v) is 9.64. The third-order valence-corrected chi connectivity index (χ3v) is 4.98. The van der Waals surface area contributed by atoms with E-state index in [1.165, 1.54) is 53.1 Å². The van der Waals surface area contributed by atoms with Gasteiger partial charge in [0.05, 0.1) is 21.7 Å². The maximum atomic E-state index is 13.6. The lowest BCUT2D eigenvalue weighted by molar-refractivity contribution is -0.384. The number of ether oxygens (including phenoxy) is 1. The first-order valence-electron chi connectivity index (χ1n) is 8.83. The van der Waals surface area contributed by atoms with Gasteiger partial charge in [0.1, 0.15) is 12.4 Å². The molecule has 0 radical (unpaired) electrons. The van der Waals surface area contributed by atoms with Crippen molar-refractivity contribution in [3.63, 3.8) is 0 Å². The average Bonchev–Trinajstić information content (AvgIpc) is 3.02. The smallest absolute Gasteiger partial charge is 0.326 e. The zero-order chi connectivity index (χ0) is 21.7. The van der Waals surface area contributed by atoms with Crippen molar-refractivity contribution in [2.45, 2.75) is 13.5 Å². The molecule has 8 nitrogen and oxygen atoms in total. The van der Waals surface area contributed by atoms with E-state index in [9.17, 15) is 24.1 Å². The van der Waals surface area contributed by atoms with Crippen molar-refractivity contribution in [2.24, 2.45) is 4.99 Å². The van der Waals surface area contributed by atoms with E-state index >= 15 is 0 Å². The van der Waals surface area contributed by atoms with Gasteiger partial charge in [-0.25, -0.2) is 4.39 Å². The van der Waals surface area contributed by atoms with E-state index in [2.05, 4.69) is 4.99 Å². The molecule has 3 aromatic rings. The highest BCUT2D eigenvalue weighted by molar-refractivity contribution is 7.16. The highest BCUT2D eigenvalue weighted by Gasteiger charge is 2.12. The number of non-ortho nitro benzene ring substituents is 1. The number of nitro groups is 1.